The Hall–Kier alpha value is -3.06. The first-order valence-electron chi connectivity index (χ1n) is 9.68. The average Bonchev–Trinajstić information content (AvgIpc) is 2.75. The first-order valence-corrected chi connectivity index (χ1v) is 10.1. The Morgan fingerprint density at radius 2 is 1.67 bits per heavy atom. The molecule has 0 aromatic heterocycles. The highest BCUT2D eigenvalue weighted by molar-refractivity contribution is 6.30. The van der Waals surface area contributed by atoms with Crippen molar-refractivity contribution < 1.29 is 19.1 Å². The van der Waals surface area contributed by atoms with E-state index in [4.69, 9.17) is 16.3 Å². The SMILES string of the molecule is CCCCN(CC(=O)NCC(=O)Nc1ccc(OC)cc1)C(=O)c1ccc(Cl)cc1. The maximum absolute atomic E-state index is 12.7. The van der Waals surface area contributed by atoms with Crippen LogP contribution in [0.4, 0.5) is 5.69 Å². The first-order chi connectivity index (χ1) is 14.4. The highest BCUT2D eigenvalue weighted by atomic mass is 35.5. The molecule has 0 spiro atoms. The molecule has 2 rings (SSSR count). The maximum atomic E-state index is 12.7. The Kier molecular flexibility index (Phi) is 9.15. The van der Waals surface area contributed by atoms with Crippen LogP contribution in [0.15, 0.2) is 48.5 Å². The van der Waals surface area contributed by atoms with Crippen LogP contribution in [0.25, 0.3) is 0 Å². The van der Waals surface area contributed by atoms with Crippen molar-refractivity contribution in [3.8, 4) is 5.75 Å². The number of amides is 3. The standard InChI is InChI=1S/C22H26ClN3O4/c1-3-4-13-26(22(29)16-5-7-17(23)8-6-16)15-21(28)24-14-20(27)25-18-9-11-19(30-2)12-10-18/h5-12H,3-4,13-15H2,1-2H3,(H,24,28)(H,25,27). The summed E-state index contributed by atoms with van der Waals surface area (Å²) in [6.07, 6.45) is 1.65. The van der Waals surface area contributed by atoms with Gasteiger partial charge in [0.1, 0.15) is 5.75 Å². The predicted molar refractivity (Wildman–Crippen MR) is 117 cm³/mol. The number of nitrogens with one attached hydrogen (secondary N) is 2. The van der Waals surface area contributed by atoms with Gasteiger partial charge < -0.3 is 20.3 Å². The summed E-state index contributed by atoms with van der Waals surface area (Å²) in [6.45, 7) is 2.14. The van der Waals surface area contributed by atoms with E-state index in [-0.39, 0.29) is 24.9 Å². The van der Waals surface area contributed by atoms with Gasteiger partial charge in [0.15, 0.2) is 0 Å². The van der Waals surface area contributed by atoms with Gasteiger partial charge in [0.05, 0.1) is 20.2 Å². The number of carbonyl (C=O) groups is 3. The van der Waals surface area contributed by atoms with E-state index in [0.29, 0.717) is 28.6 Å². The highest BCUT2D eigenvalue weighted by Crippen LogP contribution is 2.15. The van der Waals surface area contributed by atoms with Crippen LogP contribution in [0.1, 0.15) is 30.1 Å². The van der Waals surface area contributed by atoms with Crippen molar-refractivity contribution >= 4 is 35.0 Å². The van der Waals surface area contributed by atoms with E-state index >= 15 is 0 Å². The van der Waals surface area contributed by atoms with E-state index < -0.39 is 5.91 Å². The molecule has 8 heteroatoms. The van der Waals surface area contributed by atoms with Gasteiger partial charge in [0, 0.05) is 22.8 Å². The molecular weight excluding hydrogens is 406 g/mol. The average molecular weight is 432 g/mol. The van der Waals surface area contributed by atoms with Crippen molar-refractivity contribution in [2.24, 2.45) is 0 Å². The molecule has 0 saturated heterocycles. The van der Waals surface area contributed by atoms with E-state index in [2.05, 4.69) is 10.6 Å². The van der Waals surface area contributed by atoms with Crippen LogP contribution >= 0.6 is 11.6 Å². The third kappa shape index (κ3) is 7.40. The monoisotopic (exact) mass is 431 g/mol. The number of benzene rings is 2. The molecule has 0 aliphatic heterocycles. The molecule has 30 heavy (non-hydrogen) atoms. The number of hydrogen-bond donors (Lipinski definition) is 2. The third-order valence-corrected chi connectivity index (χ3v) is 4.57. The fraction of sp³-hybridized carbons (Fsp3) is 0.318. The van der Waals surface area contributed by atoms with Gasteiger partial charge in [-0.05, 0) is 55.0 Å². The van der Waals surface area contributed by atoms with Crippen molar-refractivity contribution in [2.75, 3.05) is 32.1 Å². The molecule has 0 saturated carbocycles. The first kappa shape index (κ1) is 23.2. The molecule has 0 heterocycles. The van der Waals surface area contributed by atoms with Gasteiger partial charge in [-0.25, -0.2) is 0 Å². The van der Waals surface area contributed by atoms with Gasteiger partial charge in [0.25, 0.3) is 5.91 Å². The Morgan fingerprint density at radius 1 is 1.00 bits per heavy atom. The van der Waals surface area contributed by atoms with Crippen molar-refractivity contribution in [3.05, 3.63) is 59.1 Å². The van der Waals surface area contributed by atoms with Crippen LogP contribution in [0.2, 0.25) is 5.02 Å². The van der Waals surface area contributed by atoms with E-state index in [1.165, 1.54) is 4.90 Å². The van der Waals surface area contributed by atoms with Gasteiger partial charge in [-0.15, -0.1) is 0 Å². The summed E-state index contributed by atoms with van der Waals surface area (Å²) in [5.74, 6) is -0.340. The Morgan fingerprint density at radius 3 is 2.27 bits per heavy atom. The van der Waals surface area contributed by atoms with Crippen molar-refractivity contribution in [1.82, 2.24) is 10.2 Å². The van der Waals surface area contributed by atoms with Crippen LogP contribution in [0.5, 0.6) is 5.75 Å². The summed E-state index contributed by atoms with van der Waals surface area (Å²) in [5, 5.41) is 5.78. The lowest BCUT2D eigenvalue weighted by Crippen LogP contribution is -2.43. The molecule has 2 aromatic rings. The quantitative estimate of drug-likeness (QED) is 0.604. The molecule has 0 unspecified atom stereocenters. The van der Waals surface area contributed by atoms with Gasteiger partial charge in [-0.2, -0.15) is 0 Å². The number of methoxy groups -OCH3 is 1. The second-order valence-corrected chi connectivity index (χ2v) is 7.08. The van der Waals surface area contributed by atoms with Crippen LogP contribution in [0.3, 0.4) is 0 Å². The third-order valence-electron chi connectivity index (χ3n) is 4.31. The Labute approximate surface area is 181 Å². The second-order valence-electron chi connectivity index (χ2n) is 6.64. The van der Waals surface area contributed by atoms with Crippen LogP contribution in [-0.2, 0) is 9.59 Å². The number of rotatable bonds is 10. The summed E-state index contributed by atoms with van der Waals surface area (Å²) < 4.78 is 5.07. The fourth-order valence-electron chi connectivity index (χ4n) is 2.66. The van der Waals surface area contributed by atoms with Gasteiger partial charge >= 0.3 is 0 Å². The molecule has 160 valence electrons. The minimum atomic E-state index is -0.404. The van der Waals surface area contributed by atoms with E-state index in [1.807, 2.05) is 6.92 Å². The number of halogens is 1. The largest absolute Gasteiger partial charge is 0.497 e. The lowest BCUT2D eigenvalue weighted by Gasteiger charge is -2.22. The van der Waals surface area contributed by atoms with E-state index in [0.717, 1.165) is 12.8 Å². The second kappa shape index (κ2) is 11.8. The zero-order valence-corrected chi connectivity index (χ0v) is 17.9. The number of nitrogens with zero attached hydrogens (tertiary/aromatic N) is 1. The Bertz CT molecular complexity index is 854. The van der Waals surface area contributed by atoms with E-state index in [1.54, 1.807) is 55.6 Å². The fourth-order valence-corrected chi connectivity index (χ4v) is 2.79. The summed E-state index contributed by atoms with van der Waals surface area (Å²) in [4.78, 5) is 38.6. The summed E-state index contributed by atoms with van der Waals surface area (Å²) in [7, 11) is 1.56. The molecule has 2 N–H and O–H groups in total. The maximum Gasteiger partial charge on any atom is 0.254 e. The molecule has 0 fully saturated rings. The normalized spacial score (nSPS) is 10.2. The molecule has 0 bridgehead atoms. The summed E-state index contributed by atoms with van der Waals surface area (Å²) in [5.41, 5.74) is 1.05. The number of ether oxygens (including phenoxy) is 1. The minimum absolute atomic E-state index is 0.128. The van der Waals surface area contributed by atoms with Gasteiger partial charge in [-0.1, -0.05) is 24.9 Å². The van der Waals surface area contributed by atoms with Crippen LogP contribution in [-0.4, -0.2) is 49.4 Å². The lowest BCUT2D eigenvalue weighted by atomic mass is 10.2. The summed E-state index contributed by atoms with van der Waals surface area (Å²) >= 11 is 5.87. The van der Waals surface area contributed by atoms with Gasteiger partial charge in [0.2, 0.25) is 11.8 Å². The van der Waals surface area contributed by atoms with Crippen molar-refractivity contribution in [1.29, 1.82) is 0 Å². The molecule has 0 aliphatic rings. The van der Waals surface area contributed by atoms with Crippen molar-refractivity contribution in [2.45, 2.75) is 19.8 Å². The predicted octanol–water partition coefficient (Wildman–Crippen LogP) is 3.35. The summed E-state index contributed by atoms with van der Waals surface area (Å²) in [6, 6.07) is 13.4. The number of unbranched alkanes of at least 4 members (excludes halogenated alkanes) is 1. The molecule has 0 atom stereocenters. The molecule has 3 amide bonds. The van der Waals surface area contributed by atoms with Crippen LogP contribution < -0.4 is 15.4 Å². The Balaban J connectivity index is 1.88. The number of anilines is 1. The lowest BCUT2D eigenvalue weighted by molar-refractivity contribution is -0.124. The van der Waals surface area contributed by atoms with Crippen molar-refractivity contribution in [3.63, 3.8) is 0 Å². The molecule has 0 aliphatic carbocycles. The zero-order chi connectivity index (χ0) is 21.9. The molecule has 7 nitrogen and oxygen atoms in total. The topological polar surface area (TPSA) is 87.7 Å². The highest BCUT2D eigenvalue weighted by Gasteiger charge is 2.19. The number of carbonyl (C=O) groups excluding carboxylic acids is 3. The molecule has 2 aromatic carbocycles. The number of hydrogen-bond acceptors (Lipinski definition) is 4. The van der Waals surface area contributed by atoms with Gasteiger partial charge in [-0.3, -0.25) is 14.4 Å². The smallest absolute Gasteiger partial charge is 0.254 e. The minimum Gasteiger partial charge on any atom is -0.497 e. The molecule has 0 radical (unpaired) electrons. The zero-order valence-electron chi connectivity index (χ0n) is 17.1. The molecular formula is C22H26ClN3O4. The van der Waals surface area contributed by atoms with E-state index in [9.17, 15) is 14.4 Å². The van der Waals surface area contributed by atoms with Crippen LogP contribution in [0, 0.1) is 0 Å².